The summed E-state index contributed by atoms with van der Waals surface area (Å²) in [6.45, 7) is 10.5. The van der Waals surface area contributed by atoms with Crippen LogP contribution in [0.4, 0.5) is 5.82 Å². The van der Waals surface area contributed by atoms with Crippen LogP contribution < -0.4 is 11.0 Å². The molecule has 1 saturated heterocycles. The molecule has 1 aliphatic heterocycles. The van der Waals surface area contributed by atoms with Crippen LogP contribution in [0.2, 0.25) is 0 Å². The van der Waals surface area contributed by atoms with Gasteiger partial charge in [0.1, 0.15) is 0 Å². The third-order valence-electron chi connectivity index (χ3n) is 6.59. The third-order valence-corrected chi connectivity index (χ3v) is 6.59. The van der Waals surface area contributed by atoms with Gasteiger partial charge in [-0.3, -0.25) is 19.1 Å². The second-order valence-electron chi connectivity index (χ2n) is 8.54. The summed E-state index contributed by atoms with van der Waals surface area (Å²) in [4.78, 5) is 15.3. The van der Waals surface area contributed by atoms with Crippen molar-refractivity contribution in [1.29, 1.82) is 0 Å². The van der Waals surface area contributed by atoms with Gasteiger partial charge in [-0.05, 0) is 31.5 Å². The van der Waals surface area contributed by atoms with Crippen molar-refractivity contribution in [2.45, 2.75) is 26.9 Å². The zero-order chi connectivity index (χ0) is 23.5. The van der Waals surface area contributed by atoms with Crippen molar-refractivity contribution in [3.8, 4) is 22.4 Å². The minimum absolute atomic E-state index is 0.0384. The van der Waals surface area contributed by atoms with E-state index in [0.717, 1.165) is 78.6 Å². The van der Waals surface area contributed by atoms with Gasteiger partial charge in [0.05, 0.1) is 35.5 Å². The standard InChI is InChI=1S/C26H32N6O2/c1-3-31-21-11-10-20(18-22(21)32(4-2)26(31)33)23-24(19-8-6-5-7-9-19)28-29-25(23)27-12-13-30-14-16-34-17-15-30/h5-11,18H,3-4,12-17H2,1-2H3,(H2,27,28,29). The molecule has 3 heterocycles. The molecule has 4 aromatic rings. The average molecular weight is 461 g/mol. The number of nitrogens with zero attached hydrogens (tertiary/aromatic N) is 4. The van der Waals surface area contributed by atoms with Crippen LogP contribution >= 0.6 is 0 Å². The number of imidazole rings is 1. The van der Waals surface area contributed by atoms with Gasteiger partial charge in [-0.2, -0.15) is 5.10 Å². The number of benzene rings is 2. The van der Waals surface area contributed by atoms with Gasteiger partial charge in [0.25, 0.3) is 0 Å². The molecule has 8 nitrogen and oxygen atoms in total. The zero-order valence-electron chi connectivity index (χ0n) is 19.9. The molecule has 0 unspecified atom stereocenters. The average Bonchev–Trinajstić information content (AvgIpc) is 3.42. The van der Waals surface area contributed by atoms with E-state index in [1.807, 2.05) is 41.2 Å². The molecule has 34 heavy (non-hydrogen) atoms. The summed E-state index contributed by atoms with van der Waals surface area (Å²) in [7, 11) is 0. The molecule has 0 amide bonds. The Bertz CT molecular complexity index is 1310. The first-order valence-corrected chi connectivity index (χ1v) is 12.1. The topological polar surface area (TPSA) is 80.1 Å². The van der Waals surface area contributed by atoms with E-state index in [2.05, 4.69) is 50.7 Å². The van der Waals surface area contributed by atoms with Gasteiger partial charge >= 0.3 is 5.69 Å². The molecule has 0 spiro atoms. The molecule has 0 radical (unpaired) electrons. The second kappa shape index (κ2) is 9.87. The molecule has 1 fully saturated rings. The van der Waals surface area contributed by atoms with Crippen molar-refractivity contribution in [1.82, 2.24) is 24.2 Å². The Labute approximate surface area is 199 Å². The Morgan fingerprint density at radius 2 is 1.71 bits per heavy atom. The summed E-state index contributed by atoms with van der Waals surface area (Å²) in [5, 5.41) is 11.5. The Morgan fingerprint density at radius 3 is 2.44 bits per heavy atom. The number of hydrogen-bond donors (Lipinski definition) is 2. The number of rotatable bonds is 8. The van der Waals surface area contributed by atoms with E-state index >= 15 is 0 Å². The number of aromatic amines is 1. The quantitative estimate of drug-likeness (QED) is 0.420. The summed E-state index contributed by atoms with van der Waals surface area (Å²) >= 11 is 0. The summed E-state index contributed by atoms with van der Waals surface area (Å²) in [6.07, 6.45) is 0. The minimum Gasteiger partial charge on any atom is -0.379 e. The third kappa shape index (κ3) is 4.15. The van der Waals surface area contributed by atoms with Crippen molar-refractivity contribution >= 4 is 16.9 Å². The molecule has 0 atom stereocenters. The summed E-state index contributed by atoms with van der Waals surface area (Å²) in [5.41, 5.74) is 6.05. The summed E-state index contributed by atoms with van der Waals surface area (Å²) in [5.74, 6) is 0.826. The van der Waals surface area contributed by atoms with Crippen LogP contribution in [0.25, 0.3) is 33.4 Å². The molecule has 2 aromatic carbocycles. The lowest BCUT2D eigenvalue weighted by molar-refractivity contribution is 0.0398. The van der Waals surface area contributed by atoms with Crippen LogP contribution in [0.1, 0.15) is 13.8 Å². The lowest BCUT2D eigenvalue weighted by Gasteiger charge is -2.26. The van der Waals surface area contributed by atoms with Crippen LogP contribution in [0.5, 0.6) is 0 Å². The predicted molar refractivity (Wildman–Crippen MR) is 136 cm³/mol. The van der Waals surface area contributed by atoms with Gasteiger partial charge in [0, 0.05) is 44.8 Å². The molecule has 2 aromatic heterocycles. The molecule has 8 heteroatoms. The van der Waals surface area contributed by atoms with Gasteiger partial charge < -0.3 is 10.1 Å². The summed E-state index contributed by atoms with van der Waals surface area (Å²) in [6, 6.07) is 16.5. The maximum absolute atomic E-state index is 12.9. The number of ether oxygens (including phenoxy) is 1. The highest BCUT2D eigenvalue weighted by Crippen LogP contribution is 2.37. The van der Waals surface area contributed by atoms with Gasteiger partial charge in [-0.25, -0.2) is 4.79 Å². The van der Waals surface area contributed by atoms with Gasteiger partial charge in [0.15, 0.2) is 5.82 Å². The van der Waals surface area contributed by atoms with Crippen LogP contribution in [-0.4, -0.2) is 63.6 Å². The van der Waals surface area contributed by atoms with E-state index in [4.69, 9.17) is 4.74 Å². The fourth-order valence-electron chi connectivity index (χ4n) is 4.81. The normalized spacial score (nSPS) is 14.6. The zero-order valence-corrected chi connectivity index (χ0v) is 19.9. The van der Waals surface area contributed by atoms with E-state index in [-0.39, 0.29) is 5.69 Å². The van der Waals surface area contributed by atoms with Crippen molar-refractivity contribution < 1.29 is 4.74 Å². The molecule has 5 rings (SSSR count). The van der Waals surface area contributed by atoms with Crippen LogP contribution in [-0.2, 0) is 17.8 Å². The Hall–Kier alpha value is -3.36. The lowest BCUT2D eigenvalue weighted by atomic mass is 10.00. The molecule has 0 aliphatic carbocycles. The van der Waals surface area contributed by atoms with E-state index in [1.165, 1.54) is 0 Å². The molecule has 0 saturated carbocycles. The minimum atomic E-state index is 0.0384. The number of aryl methyl sites for hydroxylation is 2. The molecular formula is C26H32N6O2. The van der Waals surface area contributed by atoms with Crippen molar-refractivity contribution in [3.63, 3.8) is 0 Å². The fraction of sp³-hybridized carbons (Fsp3) is 0.385. The number of aromatic nitrogens is 4. The number of fused-ring (bicyclic) bond motifs is 1. The van der Waals surface area contributed by atoms with Crippen molar-refractivity contribution in [3.05, 3.63) is 59.0 Å². The van der Waals surface area contributed by atoms with E-state index in [9.17, 15) is 4.79 Å². The largest absolute Gasteiger partial charge is 0.379 e. The highest BCUT2D eigenvalue weighted by molar-refractivity contribution is 5.92. The lowest BCUT2D eigenvalue weighted by Crippen LogP contribution is -2.39. The fourth-order valence-corrected chi connectivity index (χ4v) is 4.81. The molecule has 2 N–H and O–H groups in total. The first-order valence-electron chi connectivity index (χ1n) is 12.1. The predicted octanol–water partition coefficient (Wildman–Crippen LogP) is 3.64. The Morgan fingerprint density at radius 1 is 0.971 bits per heavy atom. The van der Waals surface area contributed by atoms with Gasteiger partial charge in [0.2, 0.25) is 0 Å². The maximum atomic E-state index is 12.9. The maximum Gasteiger partial charge on any atom is 0.329 e. The molecule has 1 aliphatic rings. The number of H-pyrrole nitrogens is 1. The van der Waals surface area contributed by atoms with Crippen molar-refractivity contribution in [2.75, 3.05) is 44.7 Å². The number of hydrogen-bond acceptors (Lipinski definition) is 5. The molecule has 178 valence electrons. The van der Waals surface area contributed by atoms with E-state index < -0.39 is 0 Å². The highest BCUT2D eigenvalue weighted by Gasteiger charge is 2.20. The first-order chi connectivity index (χ1) is 16.7. The van der Waals surface area contributed by atoms with Gasteiger partial charge in [-0.1, -0.05) is 36.4 Å². The highest BCUT2D eigenvalue weighted by atomic mass is 16.5. The van der Waals surface area contributed by atoms with Crippen LogP contribution in [0.3, 0.4) is 0 Å². The Balaban J connectivity index is 1.55. The van der Waals surface area contributed by atoms with Crippen molar-refractivity contribution in [2.24, 2.45) is 0 Å². The number of anilines is 1. The molecular weight excluding hydrogens is 428 g/mol. The Kier molecular flexibility index (Phi) is 6.51. The van der Waals surface area contributed by atoms with Crippen LogP contribution in [0, 0.1) is 0 Å². The number of morpholine rings is 1. The smallest absolute Gasteiger partial charge is 0.329 e. The first kappa shape index (κ1) is 22.4. The molecule has 0 bridgehead atoms. The van der Waals surface area contributed by atoms with Crippen LogP contribution in [0.15, 0.2) is 53.3 Å². The van der Waals surface area contributed by atoms with Gasteiger partial charge in [-0.15, -0.1) is 0 Å². The second-order valence-corrected chi connectivity index (χ2v) is 8.54. The number of nitrogens with one attached hydrogen (secondary N) is 2. The van der Waals surface area contributed by atoms with E-state index in [1.54, 1.807) is 0 Å². The SMILES string of the molecule is CCn1c(=O)n(CC)c2cc(-c3c(NCCN4CCOCC4)n[nH]c3-c3ccccc3)ccc21. The summed E-state index contributed by atoms with van der Waals surface area (Å²) < 4.78 is 9.13. The monoisotopic (exact) mass is 460 g/mol. The van der Waals surface area contributed by atoms with E-state index in [0.29, 0.717) is 13.1 Å².